The van der Waals surface area contributed by atoms with Gasteiger partial charge in [-0.15, -0.1) is 0 Å². The van der Waals surface area contributed by atoms with E-state index in [1.54, 1.807) is 0 Å². The number of aryl methyl sites for hydroxylation is 1. The molecule has 0 bridgehead atoms. The van der Waals surface area contributed by atoms with Crippen LogP contribution >= 0.6 is 0 Å². The third-order valence-corrected chi connectivity index (χ3v) is 4.26. The van der Waals surface area contributed by atoms with Gasteiger partial charge in [-0.05, 0) is 49.3 Å². The van der Waals surface area contributed by atoms with Gasteiger partial charge in [-0.3, -0.25) is 4.79 Å². The van der Waals surface area contributed by atoms with Crippen molar-refractivity contribution in [3.05, 3.63) is 47.2 Å². The summed E-state index contributed by atoms with van der Waals surface area (Å²) in [7, 11) is 0. The number of allylic oxidation sites excluding steroid dienone is 1. The van der Waals surface area contributed by atoms with E-state index in [4.69, 9.17) is 4.74 Å². The zero-order chi connectivity index (χ0) is 14.7. The van der Waals surface area contributed by atoms with E-state index in [1.165, 1.54) is 5.56 Å². The number of hydrogen-bond donors (Lipinski definition) is 2. The number of aliphatic hydroxyl groups is 1. The maximum Gasteiger partial charge on any atom is 0.286 e. The Hall–Kier alpha value is -1.81. The number of benzene rings is 1. The van der Waals surface area contributed by atoms with E-state index in [2.05, 4.69) is 5.32 Å². The Balaban J connectivity index is 1.70. The van der Waals surface area contributed by atoms with E-state index in [1.807, 2.05) is 30.3 Å². The van der Waals surface area contributed by atoms with Gasteiger partial charge in [-0.1, -0.05) is 24.3 Å². The van der Waals surface area contributed by atoms with Crippen molar-refractivity contribution < 1.29 is 14.6 Å². The van der Waals surface area contributed by atoms with Gasteiger partial charge in [0.2, 0.25) is 0 Å². The van der Waals surface area contributed by atoms with Crippen molar-refractivity contribution in [3.63, 3.8) is 0 Å². The van der Waals surface area contributed by atoms with Crippen molar-refractivity contribution in [2.45, 2.75) is 37.7 Å². The average molecular weight is 287 g/mol. The lowest BCUT2D eigenvalue weighted by molar-refractivity contribution is -0.122. The molecule has 0 saturated carbocycles. The Labute approximate surface area is 124 Å². The predicted molar refractivity (Wildman–Crippen MR) is 79.6 cm³/mol. The summed E-state index contributed by atoms with van der Waals surface area (Å²) in [6.45, 7) is 0.815. The molecular weight excluding hydrogens is 266 g/mol. The number of hydrogen-bond acceptors (Lipinski definition) is 3. The molecular formula is C17H21NO3. The normalized spacial score (nSPS) is 24.5. The van der Waals surface area contributed by atoms with Gasteiger partial charge >= 0.3 is 0 Å². The number of fused-ring (bicyclic) bond motifs is 1. The molecule has 1 heterocycles. The van der Waals surface area contributed by atoms with Crippen LogP contribution in [0.1, 0.15) is 36.8 Å². The van der Waals surface area contributed by atoms with Gasteiger partial charge in [0.1, 0.15) is 5.60 Å². The fourth-order valence-electron chi connectivity index (χ4n) is 3.11. The molecule has 4 nitrogen and oxygen atoms in total. The molecule has 2 aliphatic rings. The summed E-state index contributed by atoms with van der Waals surface area (Å²) in [6.07, 6.45) is 6.23. The van der Waals surface area contributed by atoms with Crippen molar-refractivity contribution in [3.8, 4) is 0 Å². The van der Waals surface area contributed by atoms with Crippen LogP contribution in [0.2, 0.25) is 0 Å². The molecule has 0 aromatic heterocycles. The van der Waals surface area contributed by atoms with Crippen molar-refractivity contribution in [1.82, 2.24) is 5.32 Å². The first kappa shape index (κ1) is 14.1. The first-order chi connectivity index (χ1) is 10.2. The monoisotopic (exact) mass is 287 g/mol. The summed E-state index contributed by atoms with van der Waals surface area (Å²) in [5.74, 6) is 0.153. The number of amides is 1. The lowest BCUT2D eigenvalue weighted by Crippen LogP contribution is -2.43. The Morgan fingerprint density at radius 2 is 2.19 bits per heavy atom. The maximum atomic E-state index is 12.1. The molecule has 1 aliphatic carbocycles. The highest BCUT2D eigenvalue weighted by molar-refractivity contribution is 5.91. The largest absolute Gasteiger partial charge is 0.488 e. The van der Waals surface area contributed by atoms with Gasteiger partial charge in [0.05, 0.1) is 13.2 Å². The molecule has 1 atom stereocenters. The van der Waals surface area contributed by atoms with E-state index >= 15 is 0 Å². The van der Waals surface area contributed by atoms with Crippen LogP contribution in [-0.4, -0.2) is 24.2 Å². The summed E-state index contributed by atoms with van der Waals surface area (Å²) >= 11 is 0. The number of ether oxygens (including phenoxy) is 1. The minimum absolute atomic E-state index is 0.226. The minimum Gasteiger partial charge on any atom is -0.488 e. The molecule has 1 aliphatic heterocycles. The molecule has 1 unspecified atom stereocenters. The van der Waals surface area contributed by atoms with Gasteiger partial charge in [-0.25, -0.2) is 0 Å². The number of nitrogens with one attached hydrogen (secondary N) is 1. The van der Waals surface area contributed by atoms with Gasteiger partial charge in [0.25, 0.3) is 5.91 Å². The van der Waals surface area contributed by atoms with Gasteiger partial charge in [-0.2, -0.15) is 0 Å². The fourth-order valence-corrected chi connectivity index (χ4v) is 3.11. The number of rotatable bonds is 3. The van der Waals surface area contributed by atoms with Crippen LogP contribution in [0, 0.1) is 0 Å². The molecule has 112 valence electrons. The van der Waals surface area contributed by atoms with Crippen LogP contribution in [0.25, 0.3) is 0 Å². The van der Waals surface area contributed by atoms with Crippen LogP contribution < -0.4 is 5.32 Å². The smallest absolute Gasteiger partial charge is 0.286 e. The average Bonchev–Trinajstić information content (AvgIpc) is 2.54. The second-order valence-electron chi connectivity index (χ2n) is 5.78. The topological polar surface area (TPSA) is 58.6 Å². The number of carbonyl (C=O) groups is 1. The Morgan fingerprint density at radius 3 is 3.00 bits per heavy atom. The molecule has 2 N–H and O–H groups in total. The molecule has 4 heteroatoms. The Morgan fingerprint density at radius 1 is 1.33 bits per heavy atom. The number of carbonyl (C=O) groups excluding carboxylic acids is 1. The molecule has 21 heavy (non-hydrogen) atoms. The van der Waals surface area contributed by atoms with Crippen molar-refractivity contribution in [1.29, 1.82) is 0 Å². The van der Waals surface area contributed by atoms with E-state index in [0.717, 1.165) is 31.2 Å². The summed E-state index contributed by atoms with van der Waals surface area (Å²) < 4.78 is 5.35. The molecule has 0 fully saturated rings. The molecule has 0 spiro atoms. The molecule has 1 amide bonds. The fraction of sp³-hybridized carbons (Fsp3) is 0.471. The van der Waals surface area contributed by atoms with E-state index in [9.17, 15) is 9.90 Å². The Bertz CT molecular complexity index is 567. The highest BCUT2D eigenvalue weighted by Crippen LogP contribution is 2.34. The lowest BCUT2D eigenvalue weighted by atomic mass is 9.79. The minimum atomic E-state index is -0.972. The quantitative estimate of drug-likeness (QED) is 0.894. The second-order valence-corrected chi connectivity index (χ2v) is 5.78. The van der Waals surface area contributed by atoms with E-state index < -0.39 is 5.60 Å². The van der Waals surface area contributed by atoms with Gasteiger partial charge in [0.15, 0.2) is 5.76 Å². The molecule has 3 rings (SSSR count). The molecule has 1 aromatic rings. The van der Waals surface area contributed by atoms with Crippen LogP contribution in [0.3, 0.4) is 0 Å². The third kappa shape index (κ3) is 2.95. The zero-order valence-corrected chi connectivity index (χ0v) is 12.1. The van der Waals surface area contributed by atoms with Crippen LogP contribution in [0.4, 0.5) is 0 Å². The molecule has 0 saturated heterocycles. The van der Waals surface area contributed by atoms with E-state index in [-0.39, 0.29) is 12.5 Å². The van der Waals surface area contributed by atoms with Crippen LogP contribution in [0.15, 0.2) is 36.1 Å². The van der Waals surface area contributed by atoms with Crippen molar-refractivity contribution in [2.24, 2.45) is 0 Å². The van der Waals surface area contributed by atoms with Crippen molar-refractivity contribution in [2.75, 3.05) is 13.2 Å². The first-order valence-corrected chi connectivity index (χ1v) is 7.61. The maximum absolute atomic E-state index is 12.1. The van der Waals surface area contributed by atoms with Gasteiger partial charge in [0, 0.05) is 0 Å². The summed E-state index contributed by atoms with van der Waals surface area (Å²) in [4.78, 5) is 12.1. The third-order valence-electron chi connectivity index (χ3n) is 4.26. The van der Waals surface area contributed by atoms with Crippen LogP contribution in [-0.2, 0) is 21.6 Å². The van der Waals surface area contributed by atoms with Crippen LogP contribution in [0.5, 0.6) is 0 Å². The Kier molecular flexibility index (Phi) is 3.97. The highest BCUT2D eigenvalue weighted by atomic mass is 16.5. The predicted octanol–water partition coefficient (Wildman–Crippen LogP) is 2.02. The summed E-state index contributed by atoms with van der Waals surface area (Å²) in [5.41, 5.74) is 1.14. The first-order valence-electron chi connectivity index (χ1n) is 7.61. The van der Waals surface area contributed by atoms with E-state index in [0.29, 0.717) is 18.8 Å². The highest BCUT2D eigenvalue weighted by Gasteiger charge is 2.34. The summed E-state index contributed by atoms with van der Waals surface area (Å²) in [6, 6.07) is 7.93. The SMILES string of the molecule is O=C(NCC1(O)CCCc2ccccc21)C1=CCCCO1. The zero-order valence-electron chi connectivity index (χ0n) is 12.1. The lowest BCUT2D eigenvalue weighted by Gasteiger charge is -2.34. The van der Waals surface area contributed by atoms with Crippen molar-refractivity contribution >= 4 is 5.91 Å². The van der Waals surface area contributed by atoms with Gasteiger partial charge < -0.3 is 15.2 Å². The standard InChI is InChI=1S/C17H21NO3/c19-16(15-9-3-4-11-21-15)18-12-17(20)10-5-7-13-6-1-2-8-14(13)17/h1-2,6,8-9,20H,3-5,7,10-12H2,(H,18,19). The molecule has 1 aromatic carbocycles. The molecule has 0 radical (unpaired) electrons. The second kappa shape index (κ2) is 5.90. The summed E-state index contributed by atoms with van der Waals surface area (Å²) in [5, 5.41) is 13.7.